The van der Waals surface area contributed by atoms with E-state index in [1.165, 1.54) is 16.7 Å². The lowest BCUT2D eigenvalue weighted by Gasteiger charge is -2.31. The van der Waals surface area contributed by atoms with Crippen LogP contribution in [0.15, 0.2) is 65.9 Å². The topological polar surface area (TPSA) is 43.7 Å². The molecule has 0 fully saturated rings. The Labute approximate surface area is 184 Å². The normalized spacial score (nSPS) is 17.9. The number of benzene rings is 2. The van der Waals surface area contributed by atoms with Crippen LogP contribution in [0.3, 0.4) is 0 Å². The largest absolute Gasteiger partial charge is 0.485 e. The molecule has 0 amide bonds. The summed E-state index contributed by atoms with van der Waals surface area (Å²) in [5, 5.41) is 0. The molecule has 5 rings (SSSR count). The first-order valence-electron chi connectivity index (χ1n) is 10.9. The van der Waals surface area contributed by atoms with Gasteiger partial charge in [0.1, 0.15) is 12.2 Å². The van der Waals surface area contributed by atoms with Crippen LogP contribution in [0.5, 0.6) is 11.5 Å². The number of aromatic nitrogens is 1. The van der Waals surface area contributed by atoms with Crippen LogP contribution in [0.4, 0.5) is 0 Å². The molecule has 2 aliphatic rings. The molecule has 158 valence electrons. The summed E-state index contributed by atoms with van der Waals surface area (Å²) < 4.78 is 12.7. The minimum absolute atomic E-state index is 0.177. The Morgan fingerprint density at radius 1 is 0.968 bits per heavy atom. The van der Waals surface area contributed by atoms with Crippen molar-refractivity contribution in [2.75, 3.05) is 0 Å². The molecule has 0 N–H and O–H groups in total. The van der Waals surface area contributed by atoms with Crippen LogP contribution < -0.4 is 9.47 Å². The van der Waals surface area contributed by atoms with E-state index in [1.54, 1.807) is 12.4 Å². The van der Waals surface area contributed by atoms with E-state index in [2.05, 4.69) is 63.0 Å². The van der Waals surface area contributed by atoms with Gasteiger partial charge in [0.15, 0.2) is 11.5 Å². The second kappa shape index (κ2) is 7.23. The zero-order valence-corrected chi connectivity index (χ0v) is 18.6. The van der Waals surface area contributed by atoms with Gasteiger partial charge in [-0.15, -0.1) is 0 Å². The summed E-state index contributed by atoms with van der Waals surface area (Å²) in [6, 6.07) is 16.6. The first-order valence-corrected chi connectivity index (χ1v) is 10.9. The quantitative estimate of drug-likeness (QED) is 0.565. The molecule has 0 unspecified atom stereocenters. The van der Waals surface area contributed by atoms with Crippen LogP contribution in [0, 0.1) is 0 Å². The van der Waals surface area contributed by atoms with Gasteiger partial charge >= 0.3 is 0 Å². The Morgan fingerprint density at radius 3 is 2.45 bits per heavy atom. The molecule has 4 heteroatoms. The number of pyridine rings is 1. The minimum atomic E-state index is -0.277. The highest BCUT2D eigenvalue weighted by atomic mass is 16.5. The average molecular weight is 413 g/mol. The van der Waals surface area contributed by atoms with Gasteiger partial charge in [0.25, 0.3) is 0 Å². The van der Waals surface area contributed by atoms with E-state index in [4.69, 9.17) is 14.5 Å². The predicted octanol–water partition coefficient (Wildman–Crippen LogP) is 5.55. The van der Waals surface area contributed by atoms with Crippen LogP contribution in [-0.4, -0.2) is 21.8 Å². The van der Waals surface area contributed by atoms with E-state index in [0.717, 1.165) is 41.2 Å². The van der Waals surface area contributed by atoms with Gasteiger partial charge < -0.3 is 9.47 Å². The van der Waals surface area contributed by atoms with E-state index >= 15 is 0 Å². The van der Waals surface area contributed by atoms with Gasteiger partial charge in [0.2, 0.25) is 0 Å². The van der Waals surface area contributed by atoms with Crippen molar-refractivity contribution in [2.45, 2.75) is 58.3 Å². The summed E-state index contributed by atoms with van der Waals surface area (Å²) in [6.07, 6.45) is 5.29. The van der Waals surface area contributed by atoms with Gasteiger partial charge in [-0.25, -0.2) is 0 Å². The van der Waals surface area contributed by atoms with Crippen molar-refractivity contribution < 1.29 is 9.47 Å². The molecule has 3 heterocycles. The third-order valence-corrected chi connectivity index (χ3v) is 5.87. The highest BCUT2D eigenvalue weighted by molar-refractivity contribution is 6.16. The fourth-order valence-corrected chi connectivity index (χ4v) is 4.62. The van der Waals surface area contributed by atoms with E-state index in [0.29, 0.717) is 6.61 Å². The maximum Gasteiger partial charge on any atom is 0.166 e. The Morgan fingerprint density at radius 2 is 1.71 bits per heavy atom. The molecule has 0 spiro atoms. The van der Waals surface area contributed by atoms with Gasteiger partial charge in [0.05, 0.1) is 11.3 Å². The Kier molecular flexibility index (Phi) is 4.62. The molecule has 0 saturated heterocycles. The Hall–Kier alpha value is -3.14. The third-order valence-electron chi connectivity index (χ3n) is 5.87. The zero-order chi connectivity index (χ0) is 21.6. The van der Waals surface area contributed by atoms with E-state index in [9.17, 15) is 0 Å². The maximum atomic E-state index is 6.42. The van der Waals surface area contributed by atoms with Crippen molar-refractivity contribution in [2.24, 2.45) is 4.99 Å². The van der Waals surface area contributed by atoms with Crippen LogP contribution in [0.1, 0.15) is 55.5 Å². The van der Waals surface area contributed by atoms with Gasteiger partial charge in [-0.3, -0.25) is 9.98 Å². The van der Waals surface area contributed by atoms with Crippen molar-refractivity contribution in [3.05, 3.63) is 88.7 Å². The van der Waals surface area contributed by atoms with Gasteiger partial charge in [-0.1, -0.05) is 30.3 Å². The number of hydrogen-bond acceptors (Lipinski definition) is 4. The summed E-state index contributed by atoms with van der Waals surface area (Å²) >= 11 is 0. The molecule has 0 atom stereocenters. The number of aliphatic imine (C=N–C) groups is 1. The van der Waals surface area contributed by atoms with Crippen molar-refractivity contribution in [3.63, 3.8) is 0 Å². The van der Waals surface area contributed by atoms with Crippen molar-refractivity contribution >= 4 is 5.71 Å². The summed E-state index contributed by atoms with van der Waals surface area (Å²) in [5.74, 6) is 1.68. The fourth-order valence-electron chi connectivity index (χ4n) is 4.62. The molecule has 4 nitrogen and oxygen atoms in total. The van der Waals surface area contributed by atoms with Crippen LogP contribution in [0.25, 0.3) is 0 Å². The average Bonchev–Trinajstić information content (AvgIpc) is 3.07. The standard InChI is InChI=1S/C27H28N2O2/c1-26(2)15-20-14-22(30-17-18-10-12-28-13-11-18)25-21(16-27(3,4)31-25)23(20)24(29-26)19-8-6-5-7-9-19/h5-14H,15-17H2,1-4H3. The number of nitrogens with zero attached hydrogens (tertiary/aromatic N) is 2. The van der Waals surface area contributed by atoms with Gasteiger partial charge in [0, 0.05) is 35.5 Å². The predicted molar refractivity (Wildman–Crippen MR) is 123 cm³/mol. The first-order chi connectivity index (χ1) is 14.8. The molecule has 0 bridgehead atoms. The SMILES string of the molecule is CC1(C)Cc2cc(OCc3ccncc3)c3c(c2C(c2ccccc2)=N1)CC(C)(C)O3. The van der Waals surface area contributed by atoms with E-state index in [1.807, 2.05) is 18.2 Å². The fraction of sp³-hybridized carbons (Fsp3) is 0.333. The Balaban J connectivity index is 1.64. The van der Waals surface area contributed by atoms with Crippen LogP contribution in [-0.2, 0) is 19.4 Å². The molecule has 0 saturated carbocycles. The number of rotatable bonds is 4. The lowest BCUT2D eigenvalue weighted by atomic mass is 9.81. The monoisotopic (exact) mass is 412 g/mol. The van der Waals surface area contributed by atoms with Crippen LogP contribution >= 0.6 is 0 Å². The molecule has 2 aromatic carbocycles. The molecular weight excluding hydrogens is 384 g/mol. The highest BCUT2D eigenvalue weighted by Crippen LogP contribution is 2.48. The molecular formula is C27H28N2O2. The van der Waals surface area contributed by atoms with Crippen molar-refractivity contribution in [3.8, 4) is 11.5 Å². The summed E-state index contributed by atoms with van der Waals surface area (Å²) in [4.78, 5) is 9.28. The summed E-state index contributed by atoms with van der Waals surface area (Å²) in [7, 11) is 0. The minimum Gasteiger partial charge on any atom is -0.485 e. The number of fused-ring (bicyclic) bond motifs is 3. The summed E-state index contributed by atoms with van der Waals surface area (Å²) in [5.41, 5.74) is 6.56. The molecule has 31 heavy (non-hydrogen) atoms. The van der Waals surface area contributed by atoms with E-state index < -0.39 is 0 Å². The second-order valence-electron chi connectivity index (χ2n) is 9.71. The number of ether oxygens (including phenoxy) is 2. The molecule has 3 aromatic rings. The first kappa shape index (κ1) is 19.8. The molecule has 0 radical (unpaired) electrons. The zero-order valence-electron chi connectivity index (χ0n) is 18.6. The molecule has 0 aliphatic carbocycles. The molecule has 2 aliphatic heterocycles. The maximum absolute atomic E-state index is 6.42. The molecule has 1 aromatic heterocycles. The third kappa shape index (κ3) is 3.83. The smallest absolute Gasteiger partial charge is 0.166 e. The van der Waals surface area contributed by atoms with Gasteiger partial charge in [-0.05, 0) is 63.4 Å². The highest BCUT2D eigenvalue weighted by Gasteiger charge is 2.39. The van der Waals surface area contributed by atoms with Crippen LogP contribution in [0.2, 0.25) is 0 Å². The lowest BCUT2D eigenvalue weighted by Crippen LogP contribution is -2.30. The lowest BCUT2D eigenvalue weighted by molar-refractivity contribution is 0.131. The van der Waals surface area contributed by atoms with E-state index in [-0.39, 0.29) is 11.1 Å². The van der Waals surface area contributed by atoms with Crippen molar-refractivity contribution in [1.29, 1.82) is 0 Å². The Bertz CT molecular complexity index is 1150. The van der Waals surface area contributed by atoms with Crippen molar-refractivity contribution in [1.82, 2.24) is 4.98 Å². The van der Waals surface area contributed by atoms with Gasteiger partial charge in [-0.2, -0.15) is 0 Å². The summed E-state index contributed by atoms with van der Waals surface area (Å²) in [6.45, 7) is 9.16. The number of hydrogen-bond donors (Lipinski definition) is 0. The second-order valence-corrected chi connectivity index (χ2v) is 9.71.